The number of aliphatic hydroxyl groups excluding tert-OH is 2. The van der Waals surface area contributed by atoms with E-state index in [9.17, 15) is 34.8 Å². The van der Waals surface area contributed by atoms with E-state index in [0.29, 0.717) is 16.9 Å². The number of phenols is 1. The zero-order valence-corrected chi connectivity index (χ0v) is 24.1. The standard InChI is InChI=1S/C32H37N3O7/c1-15-6-8-35(9-7-15)14-16-4-5-17-11-18-12-19-13-21-25(34(2)3)28(38)24(31(33)41)30(40)32(21,42)29(39)23(19)27(37)22(18)26(36)20(17)10-16/h4-5,10-11,15,19,21,25,36-37,40,42H,6-9,12-14H2,1-3H3,(H2,33,41)/t19-,21-,25-,32-/m0/s1. The molecule has 1 saturated carbocycles. The Morgan fingerprint density at radius 1 is 1.12 bits per heavy atom. The van der Waals surface area contributed by atoms with Gasteiger partial charge in [0.1, 0.15) is 22.8 Å². The van der Waals surface area contributed by atoms with Gasteiger partial charge in [0.05, 0.1) is 11.6 Å². The van der Waals surface area contributed by atoms with Gasteiger partial charge in [0.25, 0.3) is 5.91 Å². The van der Waals surface area contributed by atoms with E-state index in [1.807, 2.05) is 24.3 Å². The number of hydrogen-bond donors (Lipinski definition) is 5. The highest BCUT2D eigenvalue weighted by atomic mass is 16.3. The Bertz CT molecular complexity index is 1600. The molecule has 1 amide bonds. The van der Waals surface area contributed by atoms with Gasteiger partial charge in [0.2, 0.25) is 5.78 Å². The lowest BCUT2D eigenvalue weighted by Crippen LogP contribution is -2.65. The number of nitrogens with zero attached hydrogens (tertiary/aromatic N) is 2. The number of benzene rings is 2. The molecule has 0 bridgehead atoms. The molecule has 0 unspecified atom stereocenters. The summed E-state index contributed by atoms with van der Waals surface area (Å²) in [6, 6.07) is 6.69. The number of fused-ring (bicyclic) bond motifs is 4. The molecule has 6 N–H and O–H groups in total. The summed E-state index contributed by atoms with van der Waals surface area (Å²) >= 11 is 0. The summed E-state index contributed by atoms with van der Waals surface area (Å²) in [5.41, 5.74) is 3.57. The molecule has 1 heterocycles. The van der Waals surface area contributed by atoms with Crippen LogP contribution in [0.3, 0.4) is 0 Å². The van der Waals surface area contributed by atoms with E-state index in [0.717, 1.165) is 43.4 Å². The van der Waals surface area contributed by atoms with Gasteiger partial charge in [-0.2, -0.15) is 0 Å². The molecule has 2 aromatic rings. The van der Waals surface area contributed by atoms with Crippen molar-refractivity contribution in [3.63, 3.8) is 0 Å². The number of primary amides is 1. The summed E-state index contributed by atoms with van der Waals surface area (Å²) < 4.78 is 0. The van der Waals surface area contributed by atoms with Crippen molar-refractivity contribution in [2.45, 2.75) is 50.8 Å². The maximum Gasteiger partial charge on any atom is 0.255 e. The van der Waals surface area contributed by atoms with Crippen molar-refractivity contribution < 1.29 is 34.8 Å². The SMILES string of the molecule is CC1CCN(Cc2ccc3cc4c(c(O)c3c2)C(O)=C2C(=O)[C@]3(O)C(O)=C(C(N)=O)C(=O)[C@@H](N(C)C)[C@@H]3C[C@@H]2C4)CC1. The molecule has 2 aromatic carbocycles. The highest BCUT2D eigenvalue weighted by Gasteiger charge is 2.64. The number of amides is 1. The van der Waals surface area contributed by atoms with E-state index < -0.39 is 58.0 Å². The maximum atomic E-state index is 14.0. The molecule has 0 radical (unpaired) electrons. The second kappa shape index (κ2) is 9.93. The van der Waals surface area contributed by atoms with Crippen LogP contribution >= 0.6 is 0 Å². The van der Waals surface area contributed by atoms with Crippen LogP contribution in [-0.4, -0.2) is 86.5 Å². The quantitative estimate of drug-likeness (QED) is 0.344. The van der Waals surface area contributed by atoms with Crippen LogP contribution in [0, 0.1) is 17.8 Å². The smallest absolute Gasteiger partial charge is 0.255 e. The van der Waals surface area contributed by atoms with Crippen molar-refractivity contribution in [1.82, 2.24) is 9.80 Å². The first kappa shape index (κ1) is 28.4. The highest BCUT2D eigenvalue weighted by molar-refractivity contribution is 6.24. The molecule has 10 heteroatoms. The highest BCUT2D eigenvalue weighted by Crippen LogP contribution is 2.53. The molecule has 0 aromatic heterocycles. The number of carbonyl (C=O) groups is 3. The van der Waals surface area contributed by atoms with Gasteiger partial charge in [-0.3, -0.25) is 24.2 Å². The van der Waals surface area contributed by atoms with Gasteiger partial charge < -0.3 is 26.2 Å². The van der Waals surface area contributed by atoms with Gasteiger partial charge in [-0.25, -0.2) is 0 Å². The van der Waals surface area contributed by atoms with E-state index in [2.05, 4.69) is 11.8 Å². The third kappa shape index (κ3) is 4.07. The molecular weight excluding hydrogens is 538 g/mol. The van der Waals surface area contributed by atoms with Crippen molar-refractivity contribution in [2.24, 2.45) is 23.5 Å². The number of hydrogen-bond acceptors (Lipinski definition) is 9. The van der Waals surface area contributed by atoms with Crippen LogP contribution in [0.25, 0.3) is 16.5 Å². The number of nitrogens with two attached hydrogens (primary N) is 1. The van der Waals surface area contributed by atoms with Crippen LogP contribution in [0.2, 0.25) is 0 Å². The summed E-state index contributed by atoms with van der Waals surface area (Å²) in [6.07, 6.45) is 2.63. The summed E-state index contributed by atoms with van der Waals surface area (Å²) in [5, 5.41) is 47.1. The van der Waals surface area contributed by atoms with E-state index in [1.165, 1.54) is 4.90 Å². The molecule has 0 spiro atoms. The summed E-state index contributed by atoms with van der Waals surface area (Å²) in [5.74, 6) is -5.71. The number of likely N-dealkylation sites (tertiary alicyclic amines) is 1. The average molecular weight is 576 g/mol. The molecule has 3 aliphatic carbocycles. The van der Waals surface area contributed by atoms with Crippen molar-refractivity contribution >= 4 is 34.0 Å². The van der Waals surface area contributed by atoms with E-state index >= 15 is 0 Å². The first-order chi connectivity index (χ1) is 19.8. The topological polar surface area (TPSA) is 165 Å². The maximum absolute atomic E-state index is 14.0. The van der Waals surface area contributed by atoms with Crippen LogP contribution in [0.1, 0.15) is 42.9 Å². The Labute approximate surface area is 243 Å². The lowest BCUT2D eigenvalue weighted by molar-refractivity contribution is -0.153. The molecule has 4 atom stereocenters. The number of phenolic OH excluding ortho intramolecular Hbond substituents is 1. The molecule has 1 saturated heterocycles. The van der Waals surface area contributed by atoms with Crippen molar-refractivity contribution in [3.05, 3.63) is 57.9 Å². The van der Waals surface area contributed by atoms with Crippen LogP contribution in [0.5, 0.6) is 5.75 Å². The van der Waals surface area contributed by atoms with Crippen LogP contribution in [-0.2, 0) is 27.3 Å². The fraction of sp³-hybridized carbons (Fsp3) is 0.469. The number of aromatic hydroxyl groups is 1. The molecule has 1 aliphatic heterocycles. The van der Waals surface area contributed by atoms with E-state index in [4.69, 9.17) is 5.73 Å². The first-order valence-corrected chi connectivity index (χ1v) is 14.5. The number of piperidine rings is 1. The Kier molecular flexibility index (Phi) is 6.71. The number of Topliss-reactive ketones (excluding diaryl/α,β-unsaturated/α-hetero) is 2. The zero-order valence-electron chi connectivity index (χ0n) is 24.1. The van der Waals surface area contributed by atoms with Gasteiger partial charge in [-0.05, 0) is 87.3 Å². The van der Waals surface area contributed by atoms with E-state index in [1.54, 1.807) is 14.1 Å². The average Bonchev–Trinajstić information content (AvgIpc) is 2.92. The van der Waals surface area contributed by atoms with Gasteiger partial charge in [0, 0.05) is 23.4 Å². The number of ketones is 2. The lowest BCUT2D eigenvalue weighted by Gasteiger charge is -2.50. The third-order valence-corrected chi connectivity index (χ3v) is 9.87. The van der Waals surface area contributed by atoms with Crippen molar-refractivity contribution in [2.75, 3.05) is 27.2 Å². The zero-order chi connectivity index (χ0) is 30.2. The molecular formula is C32H37N3O7. The normalized spacial score (nSPS) is 28.7. The van der Waals surface area contributed by atoms with E-state index in [-0.39, 0.29) is 29.7 Å². The van der Waals surface area contributed by atoms with Gasteiger partial charge in [0.15, 0.2) is 11.4 Å². The molecule has 2 fully saturated rings. The molecule has 42 heavy (non-hydrogen) atoms. The Balaban J connectivity index is 1.45. The van der Waals surface area contributed by atoms with Crippen LogP contribution in [0.15, 0.2) is 41.2 Å². The van der Waals surface area contributed by atoms with Gasteiger partial charge in [-0.15, -0.1) is 0 Å². The molecule has 222 valence electrons. The Hall–Kier alpha value is -3.73. The molecule has 6 rings (SSSR count). The fourth-order valence-electron chi connectivity index (χ4n) is 7.63. The number of rotatable bonds is 4. The van der Waals surface area contributed by atoms with Crippen molar-refractivity contribution in [1.29, 1.82) is 0 Å². The van der Waals surface area contributed by atoms with Crippen LogP contribution < -0.4 is 5.73 Å². The van der Waals surface area contributed by atoms with Gasteiger partial charge >= 0.3 is 0 Å². The number of likely N-dealkylation sites (N-methyl/N-ethyl adjacent to an activating group) is 1. The molecule has 10 nitrogen and oxygen atoms in total. The third-order valence-electron chi connectivity index (χ3n) is 9.87. The number of aliphatic hydroxyl groups is 3. The predicted octanol–water partition coefficient (Wildman–Crippen LogP) is 2.35. The minimum atomic E-state index is -2.64. The fourth-order valence-corrected chi connectivity index (χ4v) is 7.63. The monoisotopic (exact) mass is 575 g/mol. The minimum absolute atomic E-state index is 0.0674. The predicted molar refractivity (Wildman–Crippen MR) is 155 cm³/mol. The largest absolute Gasteiger partial charge is 0.508 e. The second-order valence-corrected chi connectivity index (χ2v) is 12.7. The first-order valence-electron chi connectivity index (χ1n) is 14.5. The Morgan fingerprint density at radius 3 is 2.45 bits per heavy atom. The number of carbonyl (C=O) groups excluding carboxylic acids is 3. The van der Waals surface area contributed by atoms with Crippen molar-refractivity contribution in [3.8, 4) is 5.75 Å². The second-order valence-electron chi connectivity index (χ2n) is 12.7. The molecule has 4 aliphatic rings. The summed E-state index contributed by atoms with van der Waals surface area (Å²) in [6.45, 7) is 5.02. The summed E-state index contributed by atoms with van der Waals surface area (Å²) in [7, 11) is 3.16. The Morgan fingerprint density at radius 2 is 1.81 bits per heavy atom. The van der Waals surface area contributed by atoms with Gasteiger partial charge in [-0.1, -0.05) is 25.1 Å². The van der Waals surface area contributed by atoms with Crippen LogP contribution in [0.4, 0.5) is 0 Å². The lowest BCUT2D eigenvalue weighted by atomic mass is 9.57. The summed E-state index contributed by atoms with van der Waals surface area (Å²) in [4.78, 5) is 43.3. The minimum Gasteiger partial charge on any atom is -0.508 e.